The van der Waals surface area contributed by atoms with Crippen LogP contribution in [0.25, 0.3) is 0 Å². The van der Waals surface area contributed by atoms with Crippen LogP contribution in [0.5, 0.6) is 0 Å². The van der Waals surface area contributed by atoms with E-state index in [1.165, 1.54) is 0 Å². The minimum atomic E-state index is -0.762. The zero-order valence-corrected chi connectivity index (χ0v) is 11.1. The summed E-state index contributed by atoms with van der Waals surface area (Å²) in [5.74, 6) is -0.762. The maximum Gasteiger partial charge on any atom is 0.303 e. The van der Waals surface area contributed by atoms with E-state index in [1.807, 2.05) is 13.0 Å². The molecule has 16 heavy (non-hydrogen) atoms. The van der Waals surface area contributed by atoms with Gasteiger partial charge in [-0.2, -0.15) is 0 Å². The second kappa shape index (κ2) is 6.38. The summed E-state index contributed by atoms with van der Waals surface area (Å²) >= 11 is 13.3. The molecule has 1 atom stereocenters. The van der Waals surface area contributed by atoms with Crippen LogP contribution in [-0.4, -0.2) is 16.3 Å². The topological polar surface area (TPSA) is 37.3 Å². The SMILES string of the molecule is CC(CCC(=O)O)Sc1ccc(Cl)c(Cl)c1. The van der Waals surface area contributed by atoms with Crippen LogP contribution in [-0.2, 0) is 4.79 Å². The summed E-state index contributed by atoms with van der Waals surface area (Å²) in [5.41, 5.74) is 0. The van der Waals surface area contributed by atoms with Crippen LogP contribution in [0, 0.1) is 0 Å². The van der Waals surface area contributed by atoms with Gasteiger partial charge in [0.2, 0.25) is 0 Å². The van der Waals surface area contributed by atoms with Crippen LogP contribution in [0.3, 0.4) is 0 Å². The van der Waals surface area contributed by atoms with Crippen LogP contribution in [0.4, 0.5) is 0 Å². The predicted molar refractivity (Wildman–Crippen MR) is 68.7 cm³/mol. The molecule has 0 fully saturated rings. The summed E-state index contributed by atoms with van der Waals surface area (Å²) in [6.07, 6.45) is 0.829. The molecule has 2 nitrogen and oxygen atoms in total. The quantitative estimate of drug-likeness (QED) is 0.815. The molecular weight excluding hydrogens is 267 g/mol. The van der Waals surface area contributed by atoms with Crippen LogP contribution in [0.1, 0.15) is 19.8 Å². The third kappa shape index (κ3) is 4.64. The number of hydrogen-bond acceptors (Lipinski definition) is 2. The molecule has 0 bridgehead atoms. The highest BCUT2D eigenvalue weighted by atomic mass is 35.5. The zero-order chi connectivity index (χ0) is 12.1. The monoisotopic (exact) mass is 278 g/mol. The van der Waals surface area contributed by atoms with Crippen molar-refractivity contribution in [2.24, 2.45) is 0 Å². The number of thioether (sulfide) groups is 1. The molecule has 1 unspecified atom stereocenters. The molecule has 0 radical (unpaired) electrons. The van der Waals surface area contributed by atoms with E-state index in [0.717, 1.165) is 4.90 Å². The summed E-state index contributed by atoms with van der Waals surface area (Å²) in [4.78, 5) is 11.4. The molecule has 1 aromatic rings. The van der Waals surface area contributed by atoms with Crippen molar-refractivity contribution in [3.05, 3.63) is 28.2 Å². The van der Waals surface area contributed by atoms with Crippen molar-refractivity contribution >= 4 is 40.9 Å². The maximum atomic E-state index is 10.4. The lowest BCUT2D eigenvalue weighted by atomic mass is 10.2. The molecule has 0 heterocycles. The molecule has 0 aromatic heterocycles. The molecule has 0 saturated carbocycles. The Morgan fingerprint density at radius 2 is 2.12 bits per heavy atom. The fraction of sp³-hybridized carbons (Fsp3) is 0.364. The van der Waals surface area contributed by atoms with Gasteiger partial charge in [-0.05, 0) is 24.6 Å². The normalized spacial score (nSPS) is 12.4. The summed E-state index contributed by atoms with van der Waals surface area (Å²) in [5, 5.41) is 9.86. The largest absolute Gasteiger partial charge is 0.481 e. The number of halogens is 2. The van der Waals surface area contributed by atoms with E-state index in [-0.39, 0.29) is 11.7 Å². The number of carbonyl (C=O) groups is 1. The van der Waals surface area contributed by atoms with Crippen molar-refractivity contribution in [2.45, 2.75) is 29.9 Å². The van der Waals surface area contributed by atoms with Crippen molar-refractivity contribution < 1.29 is 9.90 Å². The van der Waals surface area contributed by atoms with Gasteiger partial charge in [-0.3, -0.25) is 4.79 Å². The number of carboxylic acid groups (broad SMARTS) is 1. The smallest absolute Gasteiger partial charge is 0.303 e. The minimum absolute atomic E-state index is 0.190. The number of aliphatic carboxylic acids is 1. The van der Waals surface area contributed by atoms with E-state index >= 15 is 0 Å². The van der Waals surface area contributed by atoms with Crippen molar-refractivity contribution in [3.8, 4) is 0 Å². The Labute approximate surface area is 109 Å². The summed E-state index contributed by atoms with van der Waals surface area (Å²) in [6, 6.07) is 5.43. The highest BCUT2D eigenvalue weighted by Gasteiger charge is 2.08. The summed E-state index contributed by atoms with van der Waals surface area (Å²) < 4.78 is 0. The van der Waals surface area contributed by atoms with E-state index in [9.17, 15) is 4.79 Å². The molecule has 0 spiro atoms. The molecule has 0 aliphatic rings. The zero-order valence-electron chi connectivity index (χ0n) is 8.74. The van der Waals surface area contributed by atoms with Gasteiger partial charge >= 0.3 is 5.97 Å². The Hall–Kier alpha value is -0.380. The molecule has 0 aliphatic carbocycles. The van der Waals surface area contributed by atoms with Gasteiger partial charge < -0.3 is 5.11 Å². The fourth-order valence-electron chi connectivity index (χ4n) is 1.17. The first-order valence-corrected chi connectivity index (χ1v) is 6.46. The first-order valence-electron chi connectivity index (χ1n) is 4.82. The highest BCUT2D eigenvalue weighted by Crippen LogP contribution is 2.31. The number of hydrogen-bond donors (Lipinski definition) is 1. The van der Waals surface area contributed by atoms with Crippen molar-refractivity contribution in [3.63, 3.8) is 0 Å². The minimum Gasteiger partial charge on any atom is -0.481 e. The number of carboxylic acids is 1. The van der Waals surface area contributed by atoms with E-state index in [2.05, 4.69) is 0 Å². The Morgan fingerprint density at radius 3 is 2.69 bits per heavy atom. The van der Waals surface area contributed by atoms with Gasteiger partial charge in [-0.15, -0.1) is 11.8 Å². The fourth-order valence-corrected chi connectivity index (χ4v) is 2.56. The van der Waals surface area contributed by atoms with E-state index in [1.54, 1.807) is 23.9 Å². The molecule has 1 N–H and O–H groups in total. The van der Waals surface area contributed by atoms with Crippen molar-refractivity contribution in [1.29, 1.82) is 0 Å². The third-order valence-corrected chi connectivity index (χ3v) is 3.90. The summed E-state index contributed by atoms with van der Waals surface area (Å²) in [6.45, 7) is 2.00. The summed E-state index contributed by atoms with van der Waals surface area (Å²) in [7, 11) is 0. The van der Waals surface area contributed by atoms with Gasteiger partial charge in [-0.25, -0.2) is 0 Å². The Kier molecular flexibility index (Phi) is 5.46. The Bertz CT molecular complexity index is 382. The lowest BCUT2D eigenvalue weighted by Gasteiger charge is -2.10. The van der Waals surface area contributed by atoms with Gasteiger partial charge in [0.05, 0.1) is 10.0 Å². The molecule has 0 aliphatic heterocycles. The second-order valence-corrected chi connectivity index (χ2v) is 5.76. The maximum absolute atomic E-state index is 10.4. The molecule has 88 valence electrons. The number of rotatable bonds is 5. The molecule has 0 saturated heterocycles. The highest BCUT2D eigenvalue weighted by molar-refractivity contribution is 7.99. The van der Waals surface area contributed by atoms with Gasteiger partial charge in [0.15, 0.2) is 0 Å². The molecular formula is C11H12Cl2O2S. The average Bonchev–Trinajstić information content (AvgIpc) is 2.21. The number of benzene rings is 1. The van der Waals surface area contributed by atoms with E-state index in [4.69, 9.17) is 28.3 Å². The molecule has 1 aromatic carbocycles. The van der Waals surface area contributed by atoms with Crippen LogP contribution in [0.15, 0.2) is 23.1 Å². The van der Waals surface area contributed by atoms with Crippen LogP contribution in [0.2, 0.25) is 10.0 Å². The van der Waals surface area contributed by atoms with Gasteiger partial charge in [0.1, 0.15) is 0 Å². The molecule has 1 rings (SSSR count). The average molecular weight is 279 g/mol. The van der Waals surface area contributed by atoms with Crippen molar-refractivity contribution in [1.82, 2.24) is 0 Å². The first kappa shape index (κ1) is 13.7. The molecule has 5 heteroatoms. The first-order chi connectivity index (χ1) is 7.49. The second-order valence-electron chi connectivity index (χ2n) is 3.44. The third-order valence-electron chi connectivity index (χ3n) is 1.99. The van der Waals surface area contributed by atoms with Crippen LogP contribution < -0.4 is 0 Å². The van der Waals surface area contributed by atoms with Gasteiger partial charge in [0, 0.05) is 16.6 Å². The van der Waals surface area contributed by atoms with Gasteiger partial charge in [0.25, 0.3) is 0 Å². The lowest BCUT2D eigenvalue weighted by molar-refractivity contribution is -0.137. The Morgan fingerprint density at radius 1 is 1.44 bits per heavy atom. The van der Waals surface area contributed by atoms with Gasteiger partial charge in [-0.1, -0.05) is 30.1 Å². The standard InChI is InChI=1S/C11H12Cl2O2S/c1-7(2-5-11(14)15)16-8-3-4-9(12)10(13)6-8/h3-4,6-7H,2,5H2,1H3,(H,14,15). The van der Waals surface area contributed by atoms with E-state index < -0.39 is 5.97 Å². The predicted octanol–water partition coefficient (Wildman–Crippen LogP) is 4.34. The van der Waals surface area contributed by atoms with E-state index in [0.29, 0.717) is 16.5 Å². The Balaban J connectivity index is 2.52. The van der Waals surface area contributed by atoms with Crippen LogP contribution >= 0.6 is 35.0 Å². The lowest BCUT2D eigenvalue weighted by Crippen LogP contribution is -2.02. The molecule has 0 amide bonds. The van der Waals surface area contributed by atoms with Crippen molar-refractivity contribution in [2.75, 3.05) is 0 Å².